The molecule has 0 aromatic heterocycles. The van der Waals surface area contributed by atoms with Gasteiger partial charge in [0.1, 0.15) is 0 Å². The van der Waals surface area contributed by atoms with Gasteiger partial charge in [0.2, 0.25) is 0 Å². The third kappa shape index (κ3) is 3.61. The molecule has 3 fully saturated rings. The molecule has 0 atom stereocenters. The van der Waals surface area contributed by atoms with Crippen LogP contribution in [0.5, 0.6) is 0 Å². The number of benzene rings is 1. The van der Waals surface area contributed by atoms with Crippen LogP contribution in [0.2, 0.25) is 0 Å². The molecule has 2 saturated heterocycles. The molecule has 1 aromatic rings. The highest BCUT2D eigenvalue weighted by atomic mass is 16.7. The first-order valence-electron chi connectivity index (χ1n) is 9.11. The van der Waals surface area contributed by atoms with E-state index in [-0.39, 0.29) is 5.79 Å². The highest BCUT2D eigenvalue weighted by molar-refractivity contribution is 5.14. The minimum absolute atomic E-state index is 0.217. The fourth-order valence-corrected chi connectivity index (χ4v) is 4.32. The van der Waals surface area contributed by atoms with E-state index in [4.69, 9.17) is 9.47 Å². The van der Waals surface area contributed by atoms with Crippen LogP contribution in [0, 0.1) is 0 Å². The van der Waals surface area contributed by atoms with E-state index in [1.54, 1.807) is 0 Å². The van der Waals surface area contributed by atoms with E-state index in [2.05, 4.69) is 40.1 Å². The Balaban J connectivity index is 1.24. The SMILES string of the molecule is c1ccc(CN2CCN(C3CCC4(CC3)OCCO4)CC2)cc1. The van der Waals surface area contributed by atoms with Crippen LogP contribution in [-0.2, 0) is 16.0 Å². The Bertz CT molecular complexity index is 483. The predicted octanol–water partition coefficient (Wildman–Crippen LogP) is 2.49. The Morgan fingerprint density at radius 3 is 2.22 bits per heavy atom. The first-order valence-corrected chi connectivity index (χ1v) is 9.11. The van der Waals surface area contributed by atoms with Gasteiger partial charge in [-0.3, -0.25) is 9.80 Å². The molecule has 3 aliphatic rings. The molecule has 0 amide bonds. The standard InChI is InChI=1S/C19H28N2O2/c1-2-4-17(5-3-1)16-20-10-12-21(13-11-20)18-6-8-19(9-7-18)22-14-15-23-19/h1-5,18H,6-16H2. The van der Waals surface area contributed by atoms with Crippen molar-refractivity contribution >= 4 is 0 Å². The van der Waals surface area contributed by atoms with Crippen LogP contribution in [0.4, 0.5) is 0 Å². The number of ether oxygens (including phenoxy) is 2. The Kier molecular flexibility index (Phi) is 4.67. The highest BCUT2D eigenvalue weighted by Gasteiger charge is 2.41. The predicted molar refractivity (Wildman–Crippen MR) is 90.2 cm³/mol. The zero-order valence-electron chi connectivity index (χ0n) is 14.0. The molecule has 1 aromatic carbocycles. The minimum Gasteiger partial charge on any atom is -0.348 e. The van der Waals surface area contributed by atoms with Crippen molar-refractivity contribution in [1.82, 2.24) is 9.80 Å². The number of hydrogen-bond acceptors (Lipinski definition) is 4. The smallest absolute Gasteiger partial charge is 0.168 e. The largest absolute Gasteiger partial charge is 0.348 e. The number of piperazine rings is 1. The van der Waals surface area contributed by atoms with E-state index >= 15 is 0 Å². The van der Waals surface area contributed by atoms with E-state index < -0.39 is 0 Å². The van der Waals surface area contributed by atoms with Gasteiger partial charge in [0, 0.05) is 51.6 Å². The molecular weight excluding hydrogens is 288 g/mol. The van der Waals surface area contributed by atoms with Gasteiger partial charge in [0.25, 0.3) is 0 Å². The Morgan fingerprint density at radius 1 is 0.913 bits per heavy atom. The highest BCUT2D eigenvalue weighted by Crippen LogP contribution is 2.37. The lowest BCUT2D eigenvalue weighted by Gasteiger charge is -2.43. The Hall–Kier alpha value is -0.940. The van der Waals surface area contributed by atoms with E-state index in [1.165, 1.54) is 44.6 Å². The first-order chi connectivity index (χ1) is 11.3. The molecule has 0 radical (unpaired) electrons. The fraction of sp³-hybridized carbons (Fsp3) is 0.684. The van der Waals surface area contributed by atoms with Crippen molar-refractivity contribution < 1.29 is 9.47 Å². The molecule has 1 spiro atoms. The summed E-state index contributed by atoms with van der Waals surface area (Å²) in [7, 11) is 0. The summed E-state index contributed by atoms with van der Waals surface area (Å²) in [4.78, 5) is 5.28. The molecular formula is C19H28N2O2. The van der Waals surface area contributed by atoms with E-state index in [9.17, 15) is 0 Å². The lowest BCUT2D eigenvalue weighted by Crippen LogP contribution is -2.52. The summed E-state index contributed by atoms with van der Waals surface area (Å²) in [5.74, 6) is -0.217. The summed E-state index contributed by atoms with van der Waals surface area (Å²) in [6.45, 7) is 7.42. The van der Waals surface area contributed by atoms with Gasteiger partial charge >= 0.3 is 0 Å². The maximum Gasteiger partial charge on any atom is 0.168 e. The first kappa shape index (κ1) is 15.6. The Labute approximate surface area is 139 Å². The number of rotatable bonds is 3. The second-order valence-corrected chi connectivity index (χ2v) is 7.14. The zero-order valence-corrected chi connectivity index (χ0v) is 14.0. The maximum atomic E-state index is 5.85. The van der Waals surface area contributed by atoms with E-state index in [0.717, 1.165) is 38.6 Å². The summed E-state index contributed by atoms with van der Waals surface area (Å²) in [5.41, 5.74) is 1.43. The van der Waals surface area contributed by atoms with Gasteiger partial charge in [-0.05, 0) is 18.4 Å². The van der Waals surface area contributed by atoms with Crippen LogP contribution < -0.4 is 0 Å². The van der Waals surface area contributed by atoms with Crippen molar-refractivity contribution in [3.63, 3.8) is 0 Å². The van der Waals surface area contributed by atoms with Crippen molar-refractivity contribution in [2.24, 2.45) is 0 Å². The van der Waals surface area contributed by atoms with Crippen molar-refractivity contribution in [1.29, 1.82) is 0 Å². The third-order valence-corrected chi connectivity index (χ3v) is 5.70. The average molecular weight is 316 g/mol. The molecule has 1 saturated carbocycles. The van der Waals surface area contributed by atoms with Gasteiger partial charge in [-0.15, -0.1) is 0 Å². The normalized spacial score (nSPS) is 26.8. The summed E-state index contributed by atoms with van der Waals surface area (Å²) >= 11 is 0. The zero-order chi connectivity index (χ0) is 15.5. The van der Waals surface area contributed by atoms with Crippen LogP contribution in [-0.4, -0.2) is 61.0 Å². The van der Waals surface area contributed by atoms with Crippen LogP contribution >= 0.6 is 0 Å². The number of nitrogens with zero attached hydrogens (tertiary/aromatic N) is 2. The molecule has 0 N–H and O–H groups in total. The number of hydrogen-bond donors (Lipinski definition) is 0. The molecule has 4 nitrogen and oxygen atoms in total. The second-order valence-electron chi connectivity index (χ2n) is 7.14. The minimum atomic E-state index is -0.217. The summed E-state index contributed by atoms with van der Waals surface area (Å²) in [6.07, 6.45) is 4.58. The van der Waals surface area contributed by atoms with E-state index in [0.29, 0.717) is 0 Å². The second kappa shape index (κ2) is 6.89. The lowest BCUT2D eigenvalue weighted by molar-refractivity contribution is -0.184. The van der Waals surface area contributed by atoms with Crippen LogP contribution in [0.1, 0.15) is 31.2 Å². The van der Waals surface area contributed by atoms with E-state index in [1.807, 2.05) is 0 Å². The van der Waals surface area contributed by atoms with Gasteiger partial charge in [0.05, 0.1) is 13.2 Å². The van der Waals surface area contributed by atoms with Gasteiger partial charge in [0.15, 0.2) is 5.79 Å². The monoisotopic (exact) mass is 316 g/mol. The van der Waals surface area contributed by atoms with Gasteiger partial charge < -0.3 is 9.47 Å². The van der Waals surface area contributed by atoms with Gasteiger partial charge in [-0.2, -0.15) is 0 Å². The summed E-state index contributed by atoms with van der Waals surface area (Å²) in [6, 6.07) is 11.6. The van der Waals surface area contributed by atoms with Crippen molar-refractivity contribution in [2.75, 3.05) is 39.4 Å². The molecule has 4 heteroatoms. The molecule has 0 unspecified atom stereocenters. The maximum absolute atomic E-state index is 5.85. The van der Waals surface area contributed by atoms with Crippen LogP contribution in [0.15, 0.2) is 30.3 Å². The molecule has 0 bridgehead atoms. The quantitative estimate of drug-likeness (QED) is 0.855. The van der Waals surface area contributed by atoms with Crippen LogP contribution in [0.25, 0.3) is 0 Å². The molecule has 4 rings (SSSR count). The summed E-state index contributed by atoms with van der Waals surface area (Å²) < 4.78 is 11.7. The molecule has 2 heterocycles. The average Bonchev–Trinajstić information content (AvgIpc) is 3.06. The fourth-order valence-electron chi connectivity index (χ4n) is 4.32. The lowest BCUT2D eigenvalue weighted by atomic mass is 9.88. The summed E-state index contributed by atoms with van der Waals surface area (Å²) in [5, 5.41) is 0. The van der Waals surface area contributed by atoms with Gasteiger partial charge in [-0.25, -0.2) is 0 Å². The molecule has 126 valence electrons. The van der Waals surface area contributed by atoms with Crippen molar-refractivity contribution in [2.45, 2.75) is 44.1 Å². The topological polar surface area (TPSA) is 24.9 Å². The molecule has 1 aliphatic carbocycles. The van der Waals surface area contributed by atoms with Crippen molar-refractivity contribution in [3.05, 3.63) is 35.9 Å². The molecule has 23 heavy (non-hydrogen) atoms. The third-order valence-electron chi connectivity index (χ3n) is 5.70. The van der Waals surface area contributed by atoms with Gasteiger partial charge in [-0.1, -0.05) is 30.3 Å². The molecule has 2 aliphatic heterocycles. The van der Waals surface area contributed by atoms with Crippen molar-refractivity contribution in [3.8, 4) is 0 Å². The van der Waals surface area contributed by atoms with Crippen LogP contribution in [0.3, 0.4) is 0 Å². The Morgan fingerprint density at radius 2 is 1.57 bits per heavy atom.